The minimum atomic E-state index is 0.829. The lowest BCUT2D eigenvalue weighted by molar-refractivity contribution is 0.256. The van der Waals surface area contributed by atoms with E-state index in [4.69, 9.17) is 0 Å². The first kappa shape index (κ1) is 13.8. The maximum Gasteiger partial charge on any atom is 0.0331 e. The van der Waals surface area contributed by atoms with E-state index in [1.807, 2.05) is 11.3 Å². The fourth-order valence-electron chi connectivity index (χ4n) is 2.48. The molecule has 2 nitrogen and oxygen atoms in total. The van der Waals surface area contributed by atoms with Crippen LogP contribution in [0.2, 0.25) is 0 Å². The summed E-state index contributed by atoms with van der Waals surface area (Å²) in [5.74, 6) is 0. The minimum absolute atomic E-state index is 0.829. The molecule has 1 heterocycles. The lowest BCUT2D eigenvalue weighted by atomic mass is 10.2. The summed E-state index contributed by atoms with van der Waals surface area (Å²) in [6.45, 7) is 4.31. The number of rotatable bonds is 8. The number of nitrogens with zero attached hydrogens (tertiary/aromatic N) is 1. The Labute approximate surface area is 125 Å². The molecule has 1 aromatic carbocycles. The van der Waals surface area contributed by atoms with Gasteiger partial charge in [0.25, 0.3) is 0 Å². The summed E-state index contributed by atoms with van der Waals surface area (Å²) < 4.78 is 0. The van der Waals surface area contributed by atoms with Gasteiger partial charge < -0.3 is 5.32 Å². The van der Waals surface area contributed by atoms with Gasteiger partial charge in [-0.1, -0.05) is 36.4 Å². The van der Waals surface area contributed by atoms with Gasteiger partial charge in [0.2, 0.25) is 0 Å². The predicted molar refractivity (Wildman–Crippen MR) is 85.9 cm³/mol. The normalized spacial score (nSPS) is 14.8. The van der Waals surface area contributed by atoms with E-state index in [1.165, 1.54) is 23.3 Å². The molecule has 1 aliphatic carbocycles. The van der Waals surface area contributed by atoms with Crippen molar-refractivity contribution in [1.29, 1.82) is 0 Å². The molecule has 0 aliphatic heterocycles. The molecule has 2 aromatic rings. The summed E-state index contributed by atoms with van der Waals surface area (Å²) in [6.07, 6.45) is 2.76. The maximum absolute atomic E-state index is 3.56. The van der Waals surface area contributed by atoms with E-state index in [1.54, 1.807) is 0 Å². The van der Waals surface area contributed by atoms with E-state index in [2.05, 4.69) is 58.1 Å². The van der Waals surface area contributed by atoms with Crippen LogP contribution in [0.4, 0.5) is 0 Å². The first-order valence-electron chi connectivity index (χ1n) is 7.43. The molecule has 0 atom stereocenters. The highest BCUT2D eigenvalue weighted by Crippen LogP contribution is 2.28. The third-order valence-corrected chi connectivity index (χ3v) is 4.61. The van der Waals surface area contributed by atoms with Crippen molar-refractivity contribution in [1.82, 2.24) is 10.2 Å². The Bertz CT molecular complexity index is 491. The molecule has 1 saturated carbocycles. The maximum atomic E-state index is 3.56. The quantitative estimate of drug-likeness (QED) is 0.747. The molecule has 0 unspecified atom stereocenters. The van der Waals surface area contributed by atoms with Gasteiger partial charge in [-0.3, -0.25) is 4.90 Å². The largest absolute Gasteiger partial charge is 0.311 e. The average molecular weight is 286 g/mol. The molecular weight excluding hydrogens is 264 g/mol. The third-order valence-electron chi connectivity index (χ3n) is 3.75. The van der Waals surface area contributed by atoms with Gasteiger partial charge in [-0.05, 0) is 29.9 Å². The monoisotopic (exact) mass is 286 g/mol. The van der Waals surface area contributed by atoms with Gasteiger partial charge in [0.05, 0.1) is 0 Å². The van der Waals surface area contributed by atoms with Crippen molar-refractivity contribution in [2.75, 3.05) is 13.1 Å². The summed E-state index contributed by atoms with van der Waals surface area (Å²) in [5.41, 5.74) is 1.36. The molecule has 1 aromatic heterocycles. The average Bonchev–Trinajstić information content (AvgIpc) is 3.21. The summed E-state index contributed by atoms with van der Waals surface area (Å²) in [7, 11) is 0. The second-order valence-electron chi connectivity index (χ2n) is 5.44. The summed E-state index contributed by atoms with van der Waals surface area (Å²) in [6, 6.07) is 15.9. The van der Waals surface area contributed by atoms with E-state index in [0.29, 0.717) is 0 Å². The van der Waals surface area contributed by atoms with Gasteiger partial charge in [-0.15, -0.1) is 11.3 Å². The Morgan fingerprint density at radius 2 is 1.95 bits per heavy atom. The second kappa shape index (κ2) is 7.02. The SMILES string of the molecule is c1ccc(CNCCN(Cc2cccs2)C2CC2)cc1. The van der Waals surface area contributed by atoms with E-state index < -0.39 is 0 Å². The van der Waals surface area contributed by atoms with Gasteiger partial charge in [-0.25, -0.2) is 0 Å². The van der Waals surface area contributed by atoms with Crippen molar-refractivity contribution in [2.24, 2.45) is 0 Å². The molecule has 1 N–H and O–H groups in total. The molecular formula is C17H22N2S. The third kappa shape index (κ3) is 4.17. The lowest BCUT2D eigenvalue weighted by Crippen LogP contribution is -2.33. The minimum Gasteiger partial charge on any atom is -0.311 e. The zero-order chi connectivity index (χ0) is 13.6. The number of hydrogen-bond donors (Lipinski definition) is 1. The van der Waals surface area contributed by atoms with Crippen LogP contribution in [0.25, 0.3) is 0 Å². The van der Waals surface area contributed by atoms with Crippen LogP contribution < -0.4 is 5.32 Å². The Morgan fingerprint density at radius 1 is 1.10 bits per heavy atom. The molecule has 20 heavy (non-hydrogen) atoms. The summed E-state index contributed by atoms with van der Waals surface area (Å²) in [5, 5.41) is 5.73. The molecule has 0 bridgehead atoms. The second-order valence-corrected chi connectivity index (χ2v) is 6.48. The van der Waals surface area contributed by atoms with Crippen molar-refractivity contribution in [2.45, 2.75) is 32.0 Å². The van der Waals surface area contributed by atoms with E-state index in [9.17, 15) is 0 Å². The summed E-state index contributed by atoms with van der Waals surface area (Å²) >= 11 is 1.87. The van der Waals surface area contributed by atoms with E-state index in [0.717, 1.165) is 32.2 Å². The van der Waals surface area contributed by atoms with E-state index in [-0.39, 0.29) is 0 Å². The predicted octanol–water partition coefficient (Wildman–Crippen LogP) is 3.50. The lowest BCUT2D eigenvalue weighted by Gasteiger charge is -2.21. The Kier molecular flexibility index (Phi) is 4.85. The van der Waals surface area contributed by atoms with Crippen LogP contribution in [-0.4, -0.2) is 24.0 Å². The smallest absolute Gasteiger partial charge is 0.0331 e. The fourth-order valence-corrected chi connectivity index (χ4v) is 3.21. The Hall–Kier alpha value is -1.16. The molecule has 1 aliphatic rings. The zero-order valence-corrected chi connectivity index (χ0v) is 12.6. The van der Waals surface area contributed by atoms with Crippen LogP contribution in [0.15, 0.2) is 47.8 Å². The van der Waals surface area contributed by atoms with Gasteiger partial charge in [0.15, 0.2) is 0 Å². The number of nitrogens with one attached hydrogen (secondary N) is 1. The molecule has 106 valence electrons. The molecule has 0 spiro atoms. The van der Waals surface area contributed by atoms with Crippen LogP contribution in [0.1, 0.15) is 23.3 Å². The molecule has 3 heteroatoms. The van der Waals surface area contributed by atoms with Crippen molar-refractivity contribution in [3.8, 4) is 0 Å². The zero-order valence-electron chi connectivity index (χ0n) is 11.8. The topological polar surface area (TPSA) is 15.3 Å². The number of benzene rings is 1. The van der Waals surface area contributed by atoms with Gasteiger partial charge in [0, 0.05) is 37.1 Å². The highest BCUT2D eigenvalue weighted by atomic mass is 32.1. The van der Waals surface area contributed by atoms with Crippen molar-refractivity contribution in [3.63, 3.8) is 0 Å². The first-order chi connectivity index (χ1) is 9.92. The van der Waals surface area contributed by atoms with Crippen LogP contribution >= 0.6 is 11.3 Å². The fraction of sp³-hybridized carbons (Fsp3) is 0.412. The van der Waals surface area contributed by atoms with Gasteiger partial charge in [-0.2, -0.15) is 0 Å². The summed E-state index contributed by atoms with van der Waals surface area (Å²) in [4.78, 5) is 4.11. The molecule has 0 radical (unpaired) electrons. The van der Waals surface area contributed by atoms with Crippen LogP contribution in [0.5, 0.6) is 0 Å². The molecule has 0 saturated heterocycles. The van der Waals surface area contributed by atoms with Crippen molar-refractivity contribution in [3.05, 3.63) is 58.3 Å². The Morgan fingerprint density at radius 3 is 2.65 bits per heavy atom. The highest BCUT2D eigenvalue weighted by molar-refractivity contribution is 7.09. The van der Waals surface area contributed by atoms with E-state index >= 15 is 0 Å². The van der Waals surface area contributed by atoms with Crippen molar-refractivity contribution < 1.29 is 0 Å². The van der Waals surface area contributed by atoms with Gasteiger partial charge >= 0.3 is 0 Å². The standard InChI is InChI=1S/C17H22N2S/c1-2-5-15(6-3-1)13-18-10-11-19(16-8-9-16)14-17-7-4-12-20-17/h1-7,12,16,18H,8-11,13-14H2. The highest BCUT2D eigenvalue weighted by Gasteiger charge is 2.28. The number of hydrogen-bond acceptors (Lipinski definition) is 3. The number of thiophene rings is 1. The molecule has 1 fully saturated rings. The first-order valence-corrected chi connectivity index (χ1v) is 8.31. The van der Waals surface area contributed by atoms with Crippen molar-refractivity contribution >= 4 is 11.3 Å². The van der Waals surface area contributed by atoms with Gasteiger partial charge in [0.1, 0.15) is 0 Å². The molecule has 0 amide bonds. The molecule has 3 rings (SSSR count). The van der Waals surface area contributed by atoms with Crippen LogP contribution in [0.3, 0.4) is 0 Å². The van der Waals surface area contributed by atoms with Crippen LogP contribution in [-0.2, 0) is 13.1 Å². The van der Waals surface area contributed by atoms with Crippen LogP contribution in [0, 0.1) is 0 Å². The Balaban J connectivity index is 1.41.